The second-order valence-corrected chi connectivity index (χ2v) is 3.74. The number of hydrogen-bond donors (Lipinski definition) is 2. The first kappa shape index (κ1) is 9.65. The molecule has 5 heteroatoms. The summed E-state index contributed by atoms with van der Waals surface area (Å²) in [6, 6.07) is 7.38. The lowest BCUT2D eigenvalue weighted by Crippen LogP contribution is -2.13. The molecule has 0 spiro atoms. The smallest absolute Gasteiger partial charge is 0.264 e. The Balaban J connectivity index is 2.09. The average molecular weight is 226 g/mol. The van der Waals surface area contributed by atoms with Gasteiger partial charge in [0, 0.05) is 35.1 Å². The Labute approximate surface area is 96.9 Å². The number of carbonyl (C=O) groups is 1. The number of H-pyrrole nitrogens is 1. The van der Waals surface area contributed by atoms with Crippen molar-refractivity contribution in [3.8, 4) is 0 Å². The van der Waals surface area contributed by atoms with Crippen molar-refractivity contribution in [1.82, 2.24) is 14.5 Å². The van der Waals surface area contributed by atoms with E-state index in [-0.39, 0.29) is 11.9 Å². The van der Waals surface area contributed by atoms with Gasteiger partial charge >= 0.3 is 0 Å². The van der Waals surface area contributed by atoms with E-state index in [1.165, 1.54) is 10.8 Å². The molecule has 0 bridgehead atoms. The highest BCUT2D eigenvalue weighted by Gasteiger charge is 2.11. The summed E-state index contributed by atoms with van der Waals surface area (Å²) in [5, 5.41) is 0.995. The Morgan fingerprint density at radius 2 is 2.24 bits per heavy atom. The van der Waals surface area contributed by atoms with Crippen molar-refractivity contribution in [2.24, 2.45) is 0 Å². The summed E-state index contributed by atoms with van der Waals surface area (Å²) in [6.07, 6.45) is 4.89. The molecule has 0 atom stereocenters. The van der Waals surface area contributed by atoms with Gasteiger partial charge in [-0.15, -0.1) is 0 Å². The predicted molar refractivity (Wildman–Crippen MR) is 64.7 cm³/mol. The zero-order chi connectivity index (χ0) is 11.8. The van der Waals surface area contributed by atoms with Crippen molar-refractivity contribution >= 4 is 22.8 Å². The minimum Gasteiger partial charge on any atom is -0.369 e. The molecule has 0 aliphatic heterocycles. The first-order valence-corrected chi connectivity index (χ1v) is 5.16. The summed E-state index contributed by atoms with van der Waals surface area (Å²) in [5.41, 5.74) is 7.18. The van der Waals surface area contributed by atoms with Crippen LogP contribution in [0.15, 0.2) is 42.9 Å². The maximum atomic E-state index is 12.1. The zero-order valence-corrected chi connectivity index (χ0v) is 8.92. The first-order chi connectivity index (χ1) is 8.25. The standard InChI is InChI=1S/C12H10N4O/c13-12-15-5-6-16(12)11(17)9-1-2-10-8(7-9)3-4-14-10/h1-7,14H,(H2,13,15). The SMILES string of the molecule is Nc1nccn1C(=O)c1ccc2[nH]ccc2c1. The number of fused-ring (bicyclic) bond motifs is 1. The number of anilines is 1. The molecule has 0 unspecified atom stereocenters. The average Bonchev–Trinajstić information content (AvgIpc) is 2.95. The van der Waals surface area contributed by atoms with Crippen LogP contribution in [0.2, 0.25) is 0 Å². The van der Waals surface area contributed by atoms with Gasteiger partial charge in [-0.1, -0.05) is 0 Å². The van der Waals surface area contributed by atoms with Gasteiger partial charge in [-0.3, -0.25) is 9.36 Å². The number of hydrogen-bond acceptors (Lipinski definition) is 3. The van der Waals surface area contributed by atoms with Gasteiger partial charge in [0.1, 0.15) is 0 Å². The van der Waals surface area contributed by atoms with Gasteiger partial charge in [-0.2, -0.15) is 0 Å². The van der Waals surface area contributed by atoms with Gasteiger partial charge in [0.15, 0.2) is 0 Å². The molecule has 3 aromatic rings. The van der Waals surface area contributed by atoms with Crippen LogP contribution >= 0.6 is 0 Å². The molecule has 3 rings (SSSR count). The van der Waals surface area contributed by atoms with Crippen molar-refractivity contribution in [2.45, 2.75) is 0 Å². The van der Waals surface area contributed by atoms with Crippen molar-refractivity contribution < 1.29 is 4.79 Å². The quantitative estimate of drug-likeness (QED) is 0.662. The van der Waals surface area contributed by atoms with Crippen LogP contribution < -0.4 is 5.73 Å². The third kappa shape index (κ3) is 1.48. The number of benzene rings is 1. The summed E-state index contributed by atoms with van der Waals surface area (Å²) in [7, 11) is 0. The Morgan fingerprint density at radius 3 is 3.00 bits per heavy atom. The van der Waals surface area contributed by atoms with Crippen LogP contribution in [-0.2, 0) is 0 Å². The lowest BCUT2D eigenvalue weighted by molar-refractivity contribution is 0.0962. The van der Waals surface area contributed by atoms with Crippen LogP contribution in [0.3, 0.4) is 0 Å². The van der Waals surface area contributed by atoms with E-state index < -0.39 is 0 Å². The molecular weight excluding hydrogens is 216 g/mol. The molecule has 0 saturated carbocycles. The molecule has 0 amide bonds. The van der Waals surface area contributed by atoms with Crippen LogP contribution in [-0.4, -0.2) is 20.4 Å². The third-order valence-electron chi connectivity index (χ3n) is 2.69. The van der Waals surface area contributed by atoms with Crippen molar-refractivity contribution in [3.05, 3.63) is 48.4 Å². The lowest BCUT2D eigenvalue weighted by Gasteiger charge is -2.03. The topological polar surface area (TPSA) is 76.7 Å². The molecule has 0 aliphatic rings. The summed E-state index contributed by atoms with van der Waals surface area (Å²) in [5.74, 6) is 0.0206. The fraction of sp³-hybridized carbons (Fsp3) is 0. The van der Waals surface area contributed by atoms with E-state index >= 15 is 0 Å². The van der Waals surface area contributed by atoms with Gasteiger partial charge in [-0.25, -0.2) is 4.98 Å². The van der Waals surface area contributed by atoms with Crippen LogP contribution in [0, 0.1) is 0 Å². The molecule has 0 radical (unpaired) electrons. The van der Waals surface area contributed by atoms with Crippen molar-refractivity contribution in [2.75, 3.05) is 5.73 Å². The maximum absolute atomic E-state index is 12.1. The molecule has 0 saturated heterocycles. The van der Waals surface area contributed by atoms with E-state index in [0.717, 1.165) is 10.9 Å². The van der Waals surface area contributed by atoms with E-state index in [2.05, 4.69) is 9.97 Å². The third-order valence-corrected chi connectivity index (χ3v) is 2.69. The molecule has 17 heavy (non-hydrogen) atoms. The fourth-order valence-corrected chi connectivity index (χ4v) is 1.81. The van der Waals surface area contributed by atoms with Gasteiger partial charge in [0.25, 0.3) is 5.91 Å². The summed E-state index contributed by atoms with van der Waals surface area (Å²) < 4.78 is 1.33. The van der Waals surface area contributed by atoms with E-state index in [1.807, 2.05) is 24.4 Å². The number of nitrogens with two attached hydrogens (primary N) is 1. The normalized spacial score (nSPS) is 10.8. The minimum absolute atomic E-state index is 0.178. The second kappa shape index (κ2) is 3.48. The van der Waals surface area contributed by atoms with Gasteiger partial charge < -0.3 is 10.7 Å². The number of aromatic amines is 1. The Hall–Kier alpha value is -2.56. The first-order valence-electron chi connectivity index (χ1n) is 5.16. The molecule has 0 fully saturated rings. The highest BCUT2D eigenvalue weighted by Crippen LogP contribution is 2.16. The zero-order valence-electron chi connectivity index (χ0n) is 8.92. The number of rotatable bonds is 1. The van der Waals surface area contributed by atoms with Crippen LogP contribution in [0.4, 0.5) is 5.95 Å². The Kier molecular flexibility index (Phi) is 1.98. The predicted octanol–water partition coefficient (Wildman–Crippen LogP) is 1.64. The monoisotopic (exact) mass is 226 g/mol. The van der Waals surface area contributed by atoms with Gasteiger partial charge in [-0.05, 0) is 24.3 Å². The van der Waals surface area contributed by atoms with E-state index in [4.69, 9.17) is 5.73 Å². The number of nitrogens with one attached hydrogen (secondary N) is 1. The largest absolute Gasteiger partial charge is 0.369 e. The van der Waals surface area contributed by atoms with Gasteiger partial charge in [0.2, 0.25) is 5.95 Å². The Bertz CT molecular complexity index is 695. The number of nitrogen functional groups attached to an aromatic ring is 1. The maximum Gasteiger partial charge on any atom is 0.264 e. The molecule has 2 aromatic heterocycles. The molecule has 0 aliphatic carbocycles. The second-order valence-electron chi connectivity index (χ2n) is 3.74. The molecule has 3 N–H and O–H groups in total. The lowest BCUT2D eigenvalue weighted by atomic mass is 10.1. The van der Waals surface area contributed by atoms with E-state index in [9.17, 15) is 4.79 Å². The molecular formula is C12H10N4O. The van der Waals surface area contributed by atoms with Crippen molar-refractivity contribution in [3.63, 3.8) is 0 Å². The highest BCUT2D eigenvalue weighted by molar-refractivity contribution is 6.00. The number of nitrogens with zero attached hydrogens (tertiary/aromatic N) is 2. The number of aromatic nitrogens is 3. The van der Waals surface area contributed by atoms with E-state index in [1.54, 1.807) is 12.3 Å². The summed E-state index contributed by atoms with van der Waals surface area (Å²) in [6.45, 7) is 0. The fourth-order valence-electron chi connectivity index (χ4n) is 1.81. The number of imidazole rings is 1. The summed E-state index contributed by atoms with van der Waals surface area (Å²) >= 11 is 0. The molecule has 84 valence electrons. The van der Waals surface area contributed by atoms with Crippen molar-refractivity contribution in [1.29, 1.82) is 0 Å². The molecule has 1 aromatic carbocycles. The van der Waals surface area contributed by atoms with Gasteiger partial charge in [0.05, 0.1) is 0 Å². The van der Waals surface area contributed by atoms with Crippen LogP contribution in [0.1, 0.15) is 10.4 Å². The van der Waals surface area contributed by atoms with Crippen LogP contribution in [0.5, 0.6) is 0 Å². The van der Waals surface area contributed by atoms with Crippen LogP contribution in [0.25, 0.3) is 10.9 Å². The van der Waals surface area contributed by atoms with E-state index in [0.29, 0.717) is 5.56 Å². The molecule has 2 heterocycles. The highest BCUT2D eigenvalue weighted by atomic mass is 16.2. The molecule has 5 nitrogen and oxygen atoms in total. The summed E-state index contributed by atoms with van der Waals surface area (Å²) in [4.78, 5) is 19.0. The minimum atomic E-state index is -0.178. The number of carbonyl (C=O) groups excluding carboxylic acids is 1. The Morgan fingerprint density at radius 1 is 1.35 bits per heavy atom.